The van der Waals surface area contributed by atoms with E-state index in [4.69, 9.17) is 4.74 Å². The monoisotopic (exact) mass is 223 g/mol. The molecule has 0 atom stereocenters. The average Bonchev–Trinajstić information content (AvgIpc) is 2.31. The maximum Gasteiger partial charge on any atom is 0.415 e. The van der Waals surface area contributed by atoms with E-state index in [1.807, 2.05) is 43.8 Å². The lowest BCUT2D eigenvalue weighted by Crippen LogP contribution is -2.35. The van der Waals surface area contributed by atoms with Crippen LogP contribution in [0.25, 0.3) is 0 Å². The molecule has 1 amide bonds. The summed E-state index contributed by atoms with van der Waals surface area (Å²) in [6, 6.07) is 3.65. The van der Waals surface area contributed by atoms with Crippen LogP contribution in [0.4, 0.5) is 4.79 Å². The van der Waals surface area contributed by atoms with Crippen molar-refractivity contribution in [3.63, 3.8) is 0 Å². The van der Waals surface area contributed by atoms with Gasteiger partial charge >= 0.3 is 6.09 Å². The second kappa shape index (κ2) is 6.10. The Labute approximate surface area is 96.5 Å². The molecule has 0 N–H and O–H groups in total. The summed E-state index contributed by atoms with van der Waals surface area (Å²) >= 11 is 0. The van der Waals surface area contributed by atoms with E-state index >= 15 is 0 Å². The Balaban J connectivity index is 2.68. The van der Waals surface area contributed by atoms with Crippen molar-refractivity contribution < 1.29 is 14.1 Å². The maximum absolute atomic E-state index is 11.7. The van der Waals surface area contributed by atoms with Gasteiger partial charge in [-0.3, -0.25) is 0 Å². The number of aromatic nitrogens is 1. The van der Waals surface area contributed by atoms with Gasteiger partial charge in [-0.15, -0.1) is 0 Å². The first-order valence-corrected chi connectivity index (χ1v) is 5.67. The third-order valence-electron chi connectivity index (χ3n) is 2.42. The van der Waals surface area contributed by atoms with Crippen LogP contribution in [-0.4, -0.2) is 24.1 Å². The van der Waals surface area contributed by atoms with Crippen molar-refractivity contribution in [2.75, 3.05) is 13.1 Å². The van der Waals surface area contributed by atoms with Gasteiger partial charge in [-0.1, -0.05) is 0 Å². The molecule has 1 heterocycles. The molecule has 0 aliphatic rings. The minimum Gasteiger partial charge on any atom is -0.404 e. The van der Waals surface area contributed by atoms with Crippen molar-refractivity contribution in [3.05, 3.63) is 24.5 Å². The van der Waals surface area contributed by atoms with E-state index in [1.54, 1.807) is 11.0 Å². The summed E-state index contributed by atoms with van der Waals surface area (Å²) in [4.78, 5) is 13.3. The van der Waals surface area contributed by atoms with E-state index in [2.05, 4.69) is 0 Å². The molecule has 0 aromatic carbocycles. The van der Waals surface area contributed by atoms with Crippen LogP contribution in [0.15, 0.2) is 24.5 Å². The van der Waals surface area contributed by atoms with Crippen LogP contribution in [0.2, 0.25) is 0 Å². The van der Waals surface area contributed by atoms with Crippen LogP contribution < -0.4 is 9.30 Å². The summed E-state index contributed by atoms with van der Waals surface area (Å²) in [6.07, 6.45) is 3.47. The molecular formula is C12H19N2O2+. The Morgan fingerprint density at radius 1 is 1.38 bits per heavy atom. The fourth-order valence-electron chi connectivity index (χ4n) is 1.40. The molecule has 0 fully saturated rings. The minimum atomic E-state index is -0.293. The first-order valence-electron chi connectivity index (χ1n) is 5.67. The zero-order valence-electron chi connectivity index (χ0n) is 10.1. The van der Waals surface area contributed by atoms with Crippen LogP contribution in [0.5, 0.6) is 5.75 Å². The fraction of sp³-hybridized carbons (Fsp3) is 0.500. The molecule has 0 saturated heterocycles. The first-order chi connectivity index (χ1) is 7.71. The van der Waals surface area contributed by atoms with E-state index in [-0.39, 0.29) is 6.09 Å². The summed E-state index contributed by atoms with van der Waals surface area (Å²) < 4.78 is 7.23. The summed E-state index contributed by atoms with van der Waals surface area (Å²) in [5.41, 5.74) is 0. The largest absolute Gasteiger partial charge is 0.415 e. The number of pyridine rings is 1. The minimum absolute atomic E-state index is 0.293. The molecule has 0 saturated carbocycles. The third kappa shape index (κ3) is 3.22. The van der Waals surface area contributed by atoms with E-state index in [9.17, 15) is 4.79 Å². The third-order valence-corrected chi connectivity index (χ3v) is 2.42. The Hall–Kier alpha value is -1.58. The predicted molar refractivity (Wildman–Crippen MR) is 61.3 cm³/mol. The second-order valence-electron chi connectivity index (χ2n) is 3.41. The lowest BCUT2D eigenvalue weighted by Gasteiger charge is -2.17. The highest BCUT2D eigenvalue weighted by Gasteiger charge is 2.13. The number of carbonyl (C=O) groups excluding carboxylic acids is 1. The zero-order valence-corrected chi connectivity index (χ0v) is 10.1. The van der Waals surface area contributed by atoms with Crippen molar-refractivity contribution in [2.24, 2.45) is 0 Å². The molecule has 16 heavy (non-hydrogen) atoms. The second-order valence-corrected chi connectivity index (χ2v) is 3.41. The van der Waals surface area contributed by atoms with Crippen LogP contribution in [0.3, 0.4) is 0 Å². The molecule has 0 spiro atoms. The van der Waals surface area contributed by atoms with Gasteiger partial charge in [-0.05, 0) is 26.8 Å². The van der Waals surface area contributed by atoms with Gasteiger partial charge < -0.3 is 9.64 Å². The highest BCUT2D eigenvalue weighted by Crippen LogP contribution is 2.07. The standard InChI is InChI=1S/C12H19N2O2/c1-4-13-9-7-8-11(10-13)16-12(15)14(5-2)6-3/h7-10H,4-6H2,1-3H3/q+1. The average molecular weight is 223 g/mol. The van der Waals surface area contributed by atoms with Crippen molar-refractivity contribution in [2.45, 2.75) is 27.3 Å². The molecule has 1 rings (SSSR count). The number of aryl methyl sites for hydroxylation is 1. The number of rotatable bonds is 4. The SMILES string of the molecule is CCN(CC)C(=O)Oc1ccc[n+](CC)c1. The molecular weight excluding hydrogens is 204 g/mol. The topological polar surface area (TPSA) is 33.4 Å². The number of ether oxygens (including phenoxy) is 1. The van der Waals surface area contributed by atoms with Crippen LogP contribution in [0.1, 0.15) is 20.8 Å². The normalized spacial score (nSPS) is 9.94. The molecule has 0 aliphatic carbocycles. The summed E-state index contributed by atoms with van der Waals surface area (Å²) in [7, 11) is 0. The molecule has 0 unspecified atom stereocenters. The smallest absolute Gasteiger partial charge is 0.404 e. The summed E-state index contributed by atoms with van der Waals surface area (Å²) in [5.74, 6) is 0.584. The molecule has 4 nitrogen and oxygen atoms in total. The van der Waals surface area contributed by atoms with Gasteiger partial charge in [0.25, 0.3) is 0 Å². The molecule has 0 aliphatic heterocycles. The summed E-state index contributed by atoms with van der Waals surface area (Å²) in [6.45, 7) is 8.09. The van der Waals surface area contributed by atoms with Gasteiger partial charge in [0, 0.05) is 19.2 Å². The number of carbonyl (C=O) groups is 1. The van der Waals surface area contributed by atoms with Crippen LogP contribution in [-0.2, 0) is 6.54 Å². The van der Waals surface area contributed by atoms with Crippen molar-refractivity contribution >= 4 is 6.09 Å². The highest BCUT2D eigenvalue weighted by molar-refractivity contribution is 5.70. The van der Waals surface area contributed by atoms with Crippen LogP contribution >= 0.6 is 0 Å². The number of nitrogens with zero attached hydrogens (tertiary/aromatic N) is 2. The Morgan fingerprint density at radius 3 is 2.62 bits per heavy atom. The van der Waals surface area contributed by atoms with Gasteiger partial charge in [-0.2, -0.15) is 0 Å². The van der Waals surface area contributed by atoms with Gasteiger partial charge in [0.2, 0.25) is 6.20 Å². The van der Waals surface area contributed by atoms with E-state index in [1.165, 1.54) is 0 Å². The van der Waals surface area contributed by atoms with Gasteiger partial charge in [-0.25, -0.2) is 9.36 Å². The quantitative estimate of drug-likeness (QED) is 0.730. The fourth-order valence-corrected chi connectivity index (χ4v) is 1.40. The number of amides is 1. The Morgan fingerprint density at radius 2 is 2.06 bits per heavy atom. The van der Waals surface area contributed by atoms with Crippen molar-refractivity contribution in [1.82, 2.24) is 4.90 Å². The Kier molecular flexibility index (Phi) is 4.76. The molecule has 88 valence electrons. The molecule has 0 bridgehead atoms. The predicted octanol–water partition coefficient (Wildman–Crippen LogP) is 1.83. The van der Waals surface area contributed by atoms with Gasteiger partial charge in [0.05, 0.1) is 0 Å². The molecule has 1 aromatic rings. The highest BCUT2D eigenvalue weighted by atomic mass is 16.6. The molecule has 0 radical (unpaired) electrons. The molecule has 4 heteroatoms. The van der Waals surface area contributed by atoms with Gasteiger partial charge in [0.1, 0.15) is 6.54 Å². The number of hydrogen-bond donors (Lipinski definition) is 0. The van der Waals surface area contributed by atoms with E-state index in [0.717, 1.165) is 6.54 Å². The maximum atomic E-state index is 11.7. The zero-order chi connectivity index (χ0) is 12.0. The first kappa shape index (κ1) is 12.5. The molecule has 1 aromatic heterocycles. The van der Waals surface area contributed by atoms with E-state index < -0.39 is 0 Å². The van der Waals surface area contributed by atoms with Gasteiger partial charge in [0.15, 0.2) is 11.9 Å². The lowest BCUT2D eigenvalue weighted by molar-refractivity contribution is -0.693. The van der Waals surface area contributed by atoms with Crippen molar-refractivity contribution in [1.29, 1.82) is 0 Å². The number of hydrogen-bond acceptors (Lipinski definition) is 2. The Bertz CT molecular complexity index is 349. The summed E-state index contributed by atoms with van der Waals surface area (Å²) in [5, 5.41) is 0. The van der Waals surface area contributed by atoms with Crippen molar-refractivity contribution in [3.8, 4) is 5.75 Å². The van der Waals surface area contributed by atoms with Crippen LogP contribution in [0, 0.1) is 0 Å². The van der Waals surface area contributed by atoms with E-state index in [0.29, 0.717) is 18.8 Å². The lowest BCUT2D eigenvalue weighted by atomic mass is 10.4.